The van der Waals surface area contributed by atoms with Gasteiger partial charge in [0.15, 0.2) is 0 Å². The maximum absolute atomic E-state index is 12.0. The maximum atomic E-state index is 12.0. The molecule has 0 saturated heterocycles. The molecule has 98 valence electrons. The molecule has 0 bridgehead atoms. The van der Waals surface area contributed by atoms with Gasteiger partial charge in [0, 0.05) is 18.2 Å². The molecule has 2 rings (SSSR count). The Morgan fingerprint density at radius 1 is 1.39 bits per heavy atom. The molecule has 0 spiro atoms. The standard InChI is InChI=1S/C15H22N2O/c1-3-11(4-2)15(18)17-13-9-12-7-5-6-8-14(12)16-10-13/h5-8,11,13,16H,3-4,9-10H2,1-2H3,(H,17,18). The van der Waals surface area contributed by atoms with E-state index < -0.39 is 0 Å². The summed E-state index contributed by atoms with van der Waals surface area (Å²) in [5.41, 5.74) is 2.49. The van der Waals surface area contributed by atoms with Crippen molar-refractivity contribution in [2.45, 2.75) is 39.2 Å². The second-order valence-electron chi connectivity index (χ2n) is 4.96. The van der Waals surface area contributed by atoms with Gasteiger partial charge in [-0.2, -0.15) is 0 Å². The largest absolute Gasteiger partial charge is 0.383 e. The summed E-state index contributed by atoms with van der Waals surface area (Å²) in [6, 6.07) is 8.51. The summed E-state index contributed by atoms with van der Waals surface area (Å²) in [6.07, 6.45) is 2.76. The zero-order chi connectivity index (χ0) is 13.0. The van der Waals surface area contributed by atoms with Crippen molar-refractivity contribution in [2.24, 2.45) is 5.92 Å². The average Bonchev–Trinajstić information content (AvgIpc) is 2.40. The van der Waals surface area contributed by atoms with Crippen LogP contribution in [0.4, 0.5) is 5.69 Å². The predicted octanol–water partition coefficient (Wildman–Crippen LogP) is 2.58. The number of carbonyl (C=O) groups excluding carboxylic acids is 1. The Bertz CT molecular complexity index is 413. The highest BCUT2D eigenvalue weighted by molar-refractivity contribution is 5.79. The molecule has 1 aliphatic rings. The van der Waals surface area contributed by atoms with Crippen LogP contribution in [0.5, 0.6) is 0 Å². The van der Waals surface area contributed by atoms with Gasteiger partial charge in [-0.05, 0) is 30.9 Å². The number of carbonyl (C=O) groups is 1. The summed E-state index contributed by atoms with van der Waals surface area (Å²) in [5, 5.41) is 6.54. The SMILES string of the molecule is CCC(CC)C(=O)NC1CNc2ccccc2C1. The highest BCUT2D eigenvalue weighted by Gasteiger charge is 2.22. The molecule has 0 fully saturated rings. The fourth-order valence-electron chi connectivity index (χ4n) is 2.52. The zero-order valence-corrected chi connectivity index (χ0v) is 11.2. The third-order valence-corrected chi connectivity index (χ3v) is 3.73. The normalized spacial score (nSPS) is 18.1. The molecule has 0 aromatic heterocycles. The van der Waals surface area contributed by atoms with Crippen LogP contribution in [0, 0.1) is 5.92 Å². The molecule has 1 atom stereocenters. The molecule has 1 aromatic rings. The zero-order valence-electron chi connectivity index (χ0n) is 11.2. The number of rotatable bonds is 4. The van der Waals surface area contributed by atoms with E-state index in [1.54, 1.807) is 0 Å². The number of anilines is 1. The Kier molecular flexibility index (Phi) is 4.24. The van der Waals surface area contributed by atoms with Gasteiger partial charge in [-0.25, -0.2) is 0 Å². The van der Waals surface area contributed by atoms with Gasteiger partial charge in [0.1, 0.15) is 0 Å². The van der Waals surface area contributed by atoms with E-state index in [-0.39, 0.29) is 17.9 Å². The van der Waals surface area contributed by atoms with Gasteiger partial charge < -0.3 is 10.6 Å². The average molecular weight is 246 g/mol. The van der Waals surface area contributed by atoms with Crippen molar-refractivity contribution in [3.8, 4) is 0 Å². The topological polar surface area (TPSA) is 41.1 Å². The van der Waals surface area contributed by atoms with E-state index in [0.717, 1.165) is 25.8 Å². The van der Waals surface area contributed by atoms with Crippen LogP contribution in [0.1, 0.15) is 32.3 Å². The molecular formula is C15H22N2O. The van der Waals surface area contributed by atoms with Gasteiger partial charge >= 0.3 is 0 Å². The highest BCUT2D eigenvalue weighted by atomic mass is 16.1. The molecule has 1 heterocycles. The van der Waals surface area contributed by atoms with Crippen LogP contribution in [0.3, 0.4) is 0 Å². The van der Waals surface area contributed by atoms with Crippen molar-refractivity contribution in [3.63, 3.8) is 0 Å². The fraction of sp³-hybridized carbons (Fsp3) is 0.533. The van der Waals surface area contributed by atoms with Crippen LogP contribution in [-0.2, 0) is 11.2 Å². The van der Waals surface area contributed by atoms with Crippen LogP contribution in [0.15, 0.2) is 24.3 Å². The molecule has 0 aliphatic carbocycles. The molecule has 0 saturated carbocycles. The molecule has 18 heavy (non-hydrogen) atoms. The van der Waals surface area contributed by atoms with E-state index >= 15 is 0 Å². The number of para-hydroxylation sites is 1. The van der Waals surface area contributed by atoms with Crippen LogP contribution in [0.2, 0.25) is 0 Å². The molecule has 3 heteroatoms. The lowest BCUT2D eigenvalue weighted by Gasteiger charge is -2.28. The van der Waals surface area contributed by atoms with Crippen LogP contribution < -0.4 is 10.6 Å². The number of hydrogen-bond acceptors (Lipinski definition) is 2. The van der Waals surface area contributed by atoms with Gasteiger partial charge in [-0.15, -0.1) is 0 Å². The van der Waals surface area contributed by atoms with Crippen LogP contribution >= 0.6 is 0 Å². The summed E-state index contributed by atoms with van der Waals surface area (Å²) >= 11 is 0. The molecule has 1 amide bonds. The highest BCUT2D eigenvalue weighted by Crippen LogP contribution is 2.21. The number of amides is 1. The first kappa shape index (κ1) is 12.9. The van der Waals surface area contributed by atoms with E-state index in [4.69, 9.17) is 0 Å². The lowest BCUT2D eigenvalue weighted by molar-refractivity contribution is -0.125. The summed E-state index contributed by atoms with van der Waals surface area (Å²) in [5.74, 6) is 0.355. The Morgan fingerprint density at radius 2 is 2.11 bits per heavy atom. The van der Waals surface area contributed by atoms with Crippen molar-refractivity contribution in [1.29, 1.82) is 0 Å². The number of fused-ring (bicyclic) bond motifs is 1. The first-order chi connectivity index (χ1) is 8.74. The monoisotopic (exact) mass is 246 g/mol. The Labute approximate surface area is 109 Å². The second kappa shape index (κ2) is 5.89. The van der Waals surface area contributed by atoms with Gasteiger partial charge in [-0.1, -0.05) is 32.0 Å². The van der Waals surface area contributed by atoms with Crippen LogP contribution in [0.25, 0.3) is 0 Å². The van der Waals surface area contributed by atoms with Gasteiger partial charge in [0.05, 0.1) is 6.04 Å². The summed E-state index contributed by atoms with van der Waals surface area (Å²) in [7, 11) is 0. The molecule has 1 aliphatic heterocycles. The number of nitrogens with one attached hydrogen (secondary N) is 2. The molecule has 2 N–H and O–H groups in total. The third-order valence-electron chi connectivity index (χ3n) is 3.73. The smallest absolute Gasteiger partial charge is 0.223 e. The molecule has 3 nitrogen and oxygen atoms in total. The molecule has 1 unspecified atom stereocenters. The van der Waals surface area contributed by atoms with E-state index in [1.807, 2.05) is 12.1 Å². The third kappa shape index (κ3) is 2.84. The van der Waals surface area contributed by atoms with E-state index in [0.29, 0.717) is 0 Å². The minimum absolute atomic E-state index is 0.155. The van der Waals surface area contributed by atoms with Crippen molar-refractivity contribution in [1.82, 2.24) is 5.32 Å². The van der Waals surface area contributed by atoms with Gasteiger partial charge in [-0.3, -0.25) is 4.79 Å². The first-order valence-electron chi connectivity index (χ1n) is 6.86. The number of benzene rings is 1. The van der Waals surface area contributed by atoms with Gasteiger partial charge in [0.25, 0.3) is 0 Å². The maximum Gasteiger partial charge on any atom is 0.223 e. The lowest BCUT2D eigenvalue weighted by Crippen LogP contribution is -2.45. The first-order valence-corrected chi connectivity index (χ1v) is 6.86. The van der Waals surface area contributed by atoms with E-state index in [1.165, 1.54) is 11.3 Å². The Hall–Kier alpha value is -1.51. The lowest BCUT2D eigenvalue weighted by atomic mass is 9.97. The van der Waals surface area contributed by atoms with Crippen molar-refractivity contribution in [3.05, 3.63) is 29.8 Å². The fourth-order valence-corrected chi connectivity index (χ4v) is 2.52. The minimum Gasteiger partial charge on any atom is -0.383 e. The molecule has 0 radical (unpaired) electrons. The predicted molar refractivity (Wildman–Crippen MR) is 74.6 cm³/mol. The van der Waals surface area contributed by atoms with E-state index in [2.05, 4.69) is 36.6 Å². The summed E-state index contributed by atoms with van der Waals surface area (Å²) in [4.78, 5) is 12.0. The van der Waals surface area contributed by atoms with Crippen molar-refractivity contribution >= 4 is 11.6 Å². The molecule has 1 aromatic carbocycles. The van der Waals surface area contributed by atoms with Crippen molar-refractivity contribution < 1.29 is 4.79 Å². The minimum atomic E-state index is 0.155. The Morgan fingerprint density at radius 3 is 2.83 bits per heavy atom. The van der Waals surface area contributed by atoms with Crippen molar-refractivity contribution in [2.75, 3.05) is 11.9 Å². The molecular weight excluding hydrogens is 224 g/mol. The van der Waals surface area contributed by atoms with Gasteiger partial charge in [0.2, 0.25) is 5.91 Å². The second-order valence-corrected chi connectivity index (χ2v) is 4.96. The van der Waals surface area contributed by atoms with E-state index in [9.17, 15) is 4.79 Å². The van der Waals surface area contributed by atoms with Crippen LogP contribution in [-0.4, -0.2) is 18.5 Å². The quantitative estimate of drug-likeness (QED) is 0.857. The number of hydrogen-bond donors (Lipinski definition) is 2. The Balaban J connectivity index is 1.95. The summed E-state index contributed by atoms with van der Waals surface area (Å²) in [6.45, 7) is 4.97. The summed E-state index contributed by atoms with van der Waals surface area (Å²) < 4.78 is 0.